The minimum absolute atomic E-state index is 0.0343. The first-order valence-electron chi connectivity index (χ1n) is 18.3. The normalized spacial score (nSPS) is 11.5. The van der Waals surface area contributed by atoms with Gasteiger partial charge >= 0.3 is 6.18 Å². The van der Waals surface area contributed by atoms with E-state index in [4.69, 9.17) is 9.57 Å². The lowest BCUT2D eigenvalue weighted by Crippen LogP contribution is -2.42. The highest BCUT2D eigenvalue weighted by Crippen LogP contribution is 2.32. The number of ether oxygens (including phenoxy) is 1. The van der Waals surface area contributed by atoms with Crippen molar-refractivity contribution in [3.05, 3.63) is 136 Å². The molecule has 294 valence electrons. The summed E-state index contributed by atoms with van der Waals surface area (Å²) in [5.74, 6) is -2.23. The molecular weight excluding hydrogens is 736 g/mol. The number of pyridine rings is 1. The number of hydroxylamine groups is 2. The maximum atomic E-state index is 14.5. The number of methoxy groups -OCH3 is 1. The van der Waals surface area contributed by atoms with Crippen molar-refractivity contribution < 1.29 is 36.3 Å². The van der Waals surface area contributed by atoms with Gasteiger partial charge in [0.2, 0.25) is 0 Å². The van der Waals surface area contributed by atoms with Gasteiger partial charge in [-0.1, -0.05) is 94.3 Å². The third-order valence-electron chi connectivity index (χ3n) is 8.78. The van der Waals surface area contributed by atoms with Gasteiger partial charge < -0.3 is 9.30 Å². The average Bonchev–Trinajstić information content (AvgIpc) is 3.17. The van der Waals surface area contributed by atoms with E-state index in [9.17, 15) is 31.5 Å². The van der Waals surface area contributed by atoms with E-state index in [-0.39, 0.29) is 41.8 Å². The lowest BCUT2D eigenvalue weighted by atomic mass is 10.0. The van der Waals surface area contributed by atoms with E-state index in [1.807, 2.05) is 13.8 Å². The van der Waals surface area contributed by atoms with E-state index >= 15 is 0 Å². The molecule has 1 aromatic heterocycles. The molecule has 4 aromatic carbocycles. The molecule has 0 N–H and O–H groups in total. The third-order valence-corrected chi connectivity index (χ3v) is 9.87. The van der Waals surface area contributed by atoms with Crippen LogP contribution in [0.5, 0.6) is 0 Å². The Bertz CT molecular complexity index is 2030. The van der Waals surface area contributed by atoms with Crippen molar-refractivity contribution in [3.8, 4) is 11.1 Å². The summed E-state index contributed by atoms with van der Waals surface area (Å²) in [7, 11) is 1.71. The first-order chi connectivity index (χ1) is 26.4. The number of thioether (sulfide) groups is 1. The van der Waals surface area contributed by atoms with Gasteiger partial charge in [0.15, 0.2) is 17.1 Å². The van der Waals surface area contributed by atoms with Gasteiger partial charge in [-0.2, -0.15) is 13.2 Å². The first-order valence-corrected chi connectivity index (χ1v) is 19.3. The maximum absolute atomic E-state index is 14.5. The number of aromatic nitrogens is 1. The second-order valence-electron chi connectivity index (χ2n) is 12.9. The van der Waals surface area contributed by atoms with Crippen molar-refractivity contribution in [3.63, 3.8) is 0 Å². The Hall–Kier alpha value is -4.52. The molecular formula is C43H47F5N2O4S. The number of nitrogens with zero attached hydrogens (tertiary/aromatic N) is 2. The number of carbonyl (C=O) groups excluding carboxylic acids is 1. The highest BCUT2D eigenvalue weighted by atomic mass is 32.2. The van der Waals surface area contributed by atoms with Gasteiger partial charge in [0, 0.05) is 36.5 Å². The molecule has 0 bridgehead atoms. The van der Waals surface area contributed by atoms with E-state index in [0.29, 0.717) is 34.3 Å². The summed E-state index contributed by atoms with van der Waals surface area (Å²) in [6, 6.07) is 24.2. The fraction of sp³-hybridized carbons (Fsp3) is 0.349. The third kappa shape index (κ3) is 12.0. The van der Waals surface area contributed by atoms with Crippen molar-refractivity contribution in [2.75, 3.05) is 13.7 Å². The topological polar surface area (TPSA) is 60.8 Å². The predicted octanol–water partition coefficient (Wildman–Crippen LogP) is 11.2. The Balaban J connectivity index is 0.00000126. The van der Waals surface area contributed by atoms with Crippen molar-refractivity contribution in [1.82, 2.24) is 9.63 Å². The molecule has 0 spiro atoms. The second kappa shape index (κ2) is 21.0. The molecule has 1 amide bonds. The number of carbonyl (C=O) groups is 1. The van der Waals surface area contributed by atoms with Crippen LogP contribution in [0.2, 0.25) is 0 Å². The number of para-hydroxylation sites is 1. The quantitative estimate of drug-likeness (QED) is 0.0567. The monoisotopic (exact) mass is 782 g/mol. The summed E-state index contributed by atoms with van der Waals surface area (Å²) in [4.78, 5) is 33.6. The average molecular weight is 783 g/mol. The number of hydrogen-bond donors (Lipinski definition) is 0. The summed E-state index contributed by atoms with van der Waals surface area (Å²) < 4.78 is 73.8. The Labute approximate surface area is 323 Å². The number of rotatable bonds is 16. The van der Waals surface area contributed by atoms with Crippen LogP contribution >= 0.6 is 11.8 Å². The number of benzene rings is 4. The van der Waals surface area contributed by atoms with Gasteiger partial charge in [0.1, 0.15) is 13.2 Å². The zero-order chi connectivity index (χ0) is 40.0. The van der Waals surface area contributed by atoms with Crippen LogP contribution in [0, 0.1) is 11.6 Å². The molecule has 0 aliphatic carbocycles. The van der Waals surface area contributed by atoms with Crippen LogP contribution < -0.4 is 5.43 Å². The van der Waals surface area contributed by atoms with Gasteiger partial charge in [0.05, 0.1) is 22.1 Å². The number of halogens is 5. The number of hydrogen-bond acceptors (Lipinski definition) is 5. The molecule has 0 atom stereocenters. The molecule has 1 heterocycles. The fourth-order valence-electron chi connectivity index (χ4n) is 6.02. The van der Waals surface area contributed by atoms with Crippen molar-refractivity contribution >= 4 is 28.6 Å². The van der Waals surface area contributed by atoms with Gasteiger partial charge in [-0.05, 0) is 66.3 Å². The lowest BCUT2D eigenvalue weighted by molar-refractivity contribution is -0.208. The SMILES string of the molecule is CCCC(CCC)N(OCc1ccc(-c2ccc(C(F)(F)F)cc2)cc1)C(=O)Cn1c(SCc2cccc(F)c2F)cc(=O)c2ccccc21.CCCOC. The largest absolute Gasteiger partial charge is 0.416 e. The smallest absolute Gasteiger partial charge is 0.385 e. The van der Waals surface area contributed by atoms with Gasteiger partial charge in [-0.15, -0.1) is 11.8 Å². The van der Waals surface area contributed by atoms with E-state index in [1.165, 1.54) is 35.4 Å². The fourth-order valence-corrected chi connectivity index (χ4v) is 7.06. The van der Waals surface area contributed by atoms with Crippen LogP contribution in [0.1, 0.15) is 69.6 Å². The molecule has 6 nitrogen and oxygen atoms in total. The minimum atomic E-state index is -4.41. The van der Waals surface area contributed by atoms with E-state index in [1.54, 1.807) is 60.2 Å². The summed E-state index contributed by atoms with van der Waals surface area (Å²) in [5.41, 5.74) is 1.81. The summed E-state index contributed by atoms with van der Waals surface area (Å²) in [6.07, 6.45) is -0.294. The predicted molar refractivity (Wildman–Crippen MR) is 208 cm³/mol. The molecule has 55 heavy (non-hydrogen) atoms. The van der Waals surface area contributed by atoms with Crippen LogP contribution in [0.25, 0.3) is 22.0 Å². The van der Waals surface area contributed by atoms with Crippen molar-refractivity contribution in [2.45, 2.75) is 89.0 Å². The number of alkyl halides is 3. The van der Waals surface area contributed by atoms with E-state index in [2.05, 4.69) is 6.92 Å². The standard InChI is InChI=1S/C39H37F5N2O3S.C4H10O/c1-3-8-31(9-4-2)46(49-24-26-14-16-27(17-15-26)28-18-20-30(21-19-28)39(42,43)44)36(48)23-45-34-13-6-5-11-32(34)35(47)22-37(45)50-25-29-10-7-12-33(40)38(29)41;1-3-4-5-2/h5-7,10-22,31H,3-4,8-9,23-25H2,1-2H3;3-4H2,1-2H3. The van der Waals surface area contributed by atoms with Gasteiger partial charge in [0.25, 0.3) is 5.91 Å². The maximum Gasteiger partial charge on any atom is 0.416 e. The molecule has 5 aromatic rings. The van der Waals surface area contributed by atoms with Crippen LogP contribution in [0.15, 0.2) is 107 Å². The highest BCUT2D eigenvalue weighted by Gasteiger charge is 2.30. The Kier molecular flexibility index (Phi) is 16.5. The Morgan fingerprint density at radius 2 is 1.47 bits per heavy atom. The van der Waals surface area contributed by atoms with Gasteiger partial charge in [-0.3, -0.25) is 14.4 Å². The van der Waals surface area contributed by atoms with Gasteiger partial charge in [-0.25, -0.2) is 13.8 Å². The second-order valence-corrected chi connectivity index (χ2v) is 13.9. The molecule has 0 saturated heterocycles. The molecule has 0 unspecified atom stereocenters. The lowest BCUT2D eigenvalue weighted by Gasteiger charge is -2.31. The molecule has 0 fully saturated rings. The van der Waals surface area contributed by atoms with Crippen LogP contribution in [-0.2, 0) is 39.4 Å². The van der Waals surface area contributed by atoms with Crippen molar-refractivity contribution in [2.24, 2.45) is 0 Å². The Morgan fingerprint density at radius 3 is 2.05 bits per heavy atom. The molecule has 0 aliphatic heterocycles. The summed E-state index contributed by atoms with van der Waals surface area (Å²) in [5, 5.41) is 2.26. The highest BCUT2D eigenvalue weighted by molar-refractivity contribution is 7.98. The molecule has 5 rings (SSSR count). The molecule has 0 aliphatic rings. The summed E-state index contributed by atoms with van der Waals surface area (Å²) in [6.45, 7) is 6.92. The zero-order valence-electron chi connectivity index (χ0n) is 31.5. The zero-order valence-corrected chi connectivity index (χ0v) is 32.3. The van der Waals surface area contributed by atoms with Crippen LogP contribution in [0.4, 0.5) is 22.0 Å². The Morgan fingerprint density at radius 1 is 0.836 bits per heavy atom. The summed E-state index contributed by atoms with van der Waals surface area (Å²) >= 11 is 1.14. The molecule has 0 saturated carbocycles. The van der Waals surface area contributed by atoms with Crippen molar-refractivity contribution in [1.29, 1.82) is 0 Å². The first kappa shape index (κ1) is 43.2. The van der Waals surface area contributed by atoms with E-state index < -0.39 is 23.4 Å². The van der Waals surface area contributed by atoms with Crippen LogP contribution in [0.3, 0.4) is 0 Å². The number of amides is 1. The van der Waals surface area contributed by atoms with Crippen LogP contribution in [-0.4, -0.2) is 35.3 Å². The number of fused-ring (bicyclic) bond motifs is 1. The van der Waals surface area contributed by atoms with E-state index in [0.717, 1.165) is 67.0 Å². The molecule has 0 radical (unpaired) electrons. The molecule has 12 heteroatoms. The minimum Gasteiger partial charge on any atom is -0.385 e.